The van der Waals surface area contributed by atoms with Gasteiger partial charge in [0.25, 0.3) is 5.91 Å². The van der Waals surface area contributed by atoms with E-state index in [0.717, 1.165) is 22.7 Å². The Morgan fingerprint density at radius 1 is 1.20 bits per heavy atom. The van der Waals surface area contributed by atoms with Crippen molar-refractivity contribution in [3.63, 3.8) is 0 Å². The molecule has 0 saturated heterocycles. The van der Waals surface area contributed by atoms with Gasteiger partial charge < -0.3 is 18.8 Å². The first kappa shape index (κ1) is 15.5. The fraction of sp³-hybridized carbons (Fsp3) is 0.263. The Morgan fingerprint density at radius 3 is 2.84 bits per heavy atom. The highest BCUT2D eigenvalue weighted by atomic mass is 16.6. The molecular formula is C19H19N3O3. The van der Waals surface area contributed by atoms with Crippen LogP contribution in [0.2, 0.25) is 0 Å². The van der Waals surface area contributed by atoms with E-state index in [1.807, 2.05) is 48.8 Å². The summed E-state index contributed by atoms with van der Waals surface area (Å²) < 4.78 is 13.0. The second kappa shape index (κ2) is 6.12. The molecule has 3 heterocycles. The fourth-order valence-electron chi connectivity index (χ4n) is 2.97. The lowest BCUT2D eigenvalue weighted by atomic mass is 10.1. The highest BCUT2D eigenvalue weighted by Crippen LogP contribution is 2.34. The number of ether oxygens (including phenoxy) is 2. The van der Waals surface area contributed by atoms with E-state index in [1.54, 1.807) is 23.4 Å². The zero-order chi connectivity index (χ0) is 17.4. The molecule has 25 heavy (non-hydrogen) atoms. The molecule has 1 aromatic carbocycles. The van der Waals surface area contributed by atoms with Gasteiger partial charge in [0.15, 0.2) is 11.5 Å². The second-order valence-electron chi connectivity index (χ2n) is 6.11. The molecule has 0 spiro atoms. The number of nitrogens with zero attached hydrogens (tertiary/aromatic N) is 3. The Hall–Kier alpha value is -3.02. The number of carbonyl (C=O) groups is 1. The number of hydrogen-bond donors (Lipinski definition) is 0. The van der Waals surface area contributed by atoms with Crippen molar-refractivity contribution in [3.05, 3.63) is 60.0 Å². The SMILES string of the molecule is CC(c1ccc2c(c1)OCCO2)N(C)C(=O)c1ccc2nccn2c1. The summed E-state index contributed by atoms with van der Waals surface area (Å²) in [4.78, 5) is 18.8. The van der Waals surface area contributed by atoms with E-state index in [4.69, 9.17) is 9.47 Å². The number of fused-ring (bicyclic) bond motifs is 2. The summed E-state index contributed by atoms with van der Waals surface area (Å²) in [5.41, 5.74) is 2.44. The molecule has 0 bridgehead atoms. The lowest BCUT2D eigenvalue weighted by Crippen LogP contribution is -2.30. The van der Waals surface area contributed by atoms with E-state index in [1.165, 1.54) is 0 Å². The first-order valence-corrected chi connectivity index (χ1v) is 8.23. The smallest absolute Gasteiger partial charge is 0.255 e. The number of imidazole rings is 1. The largest absolute Gasteiger partial charge is 0.486 e. The summed E-state index contributed by atoms with van der Waals surface area (Å²) in [6, 6.07) is 9.37. The van der Waals surface area contributed by atoms with Gasteiger partial charge in [0.05, 0.1) is 11.6 Å². The van der Waals surface area contributed by atoms with Gasteiger partial charge >= 0.3 is 0 Å². The van der Waals surface area contributed by atoms with Gasteiger partial charge in [-0.2, -0.15) is 0 Å². The van der Waals surface area contributed by atoms with E-state index >= 15 is 0 Å². The molecule has 1 aliphatic rings. The quantitative estimate of drug-likeness (QED) is 0.737. The van der Waals surface area contributed by atoms with Crippen molar-refractivity contribution >= 4 is 11.6 Å². The maximum atomic E-state index is 12.8. The number of benzene rings is 1. The van der Waals surface area contributed by atoms with Crippen LogP contribution in [-0.2, 0) is 0 Å². The third kappa shape index (κ3) is 2.80. The van der Waals surface area contributed by atoms with Crippen LogP contribution in [0.4, 0.5) is 0 Å². The van der Waals surface area contributed by atoms with Crippen molar-refractivity contribution in [1.29, 1.82) is 0 Å². The van der Waals surface area contributed by atoms with Crippen molar-refractivity contribution in [2.24, 2.45) is 0 Å². The summed E-state index contributed by atoms with van der Waals surface area (Å²) in [5, 5.41) is 0. The molecule has 3 aromatic rings. The Bertz CT molecular complexity index is 935. The van der Waals surface area contributed by atoms with E-state index < -0.39 is 0 Å². The molecule has 1 amide bonds. The van der Waals surface area contributed by atoms with Crippen molar-refractivity contribution in [2.45, 2.75) is 13.0 Å². The minimum atomic E-state index is -0.0955. The number of pyridine rings is 1. The minimum Gasteiger partial charge on any atom is -0.486 e. The molecular weight excluding hydrogens is 318 g/mol. The summed E-state index contributed by atoms with van der Waals surface area (Å²) in [5.74, 6) is 1.44. The van der Waals surface area contributed by atoms with Gasteiger partial charge in [0.2, 0.25) is 0 Å². The molecule has 1 atom stereocenters. The zero-order valence-corrected chi connectivity index (χ0v) is 14.2. The standard InChI is InChI=1S/C19H19N3O3/c1-13(14-3-5-16-17(11-14)25-10-9-24-16)21(2)19(23)15-4-6-18-20-7-8-22(18)12-15/h3-8,11-13H,9-10H2,1-2H3. The van der Waals surface area contributed by atoms with E-state index in [0.29, 0.717) is 18.8 Å². The van der Waals surface area contributed by atoms with Crippen LogP contribution in [0.1, 0.15) is 28.9 Å². The normalized spacial score (nSPS) is 14.3. The molecule has 6 nitrogen and oxygen atoms in total. The van der Waals surface area contributed by atoms with Crippen LogP contribution in [0.25, 0.3) is 5.65 Å². The predicted octanol–water partition coefficient (Wildman–Crippen LogP) is 2.94. The first-order valence-electron chi connectivity index (χ1n) is 8.23. The fourth-order valence-corrected chi connectivity index (χ4v) is 2.97. The van der Waals surface area contributed by atoms with Gasteiger partial charge in [-0.3, -0.25) is 4.79 Å². The highest BCUT2D eigenvalue weighted by Gasteiger charge is 2.21. The first-order chi connectivity index (χ1) is 12.1. The van der Waals surface area contributed by atoms with E-state index in [-0.39, 0.29) is 11.9 Å². The maximum Gasteiger partial charge on any atom is 0.255 e. The Labute approximate surface area is 145 Å². The Morgan fingerprint density at radius 2 is 2.00 bits per heavy atom. The summed E-state index contributed by atoms with van der Waals surface area (Å²) in [7, 11) is 1.81. The van der Waals surface area contributed by atoms with Crippen LogP contribution in [0.5, 0.6) is 11.5 Å². The van der Waals surface area contributed by atoms with Crippen molar-refractivity contribution in [2.75, 3.05) is 20.3 Å². The Kier molecular flexibility index (Phi) is 3.80. The molecule has 1 aliphatic heterocycles. The number of aromatic nitrogens is 2. The average molecular weight is 337 g/mol. The van der Waals surface area contributed by atoms with Crippen molar-refractivity contribution in [1.82, 2.24) is 14.3 Å². The van der Waals surface area contributed by atoms with E-state index in [9.17, 15) is 4.79 Å². The second-order valence-corrected chi connectivity index (χ2v) is 6.11. The summed E-state index contributed by atoms with van der Waals surface area (Å²) in [6.45, 7) is 3.11. The number of carbonyl (C=O) groups excluding carboxylic acids is 1. The summed E-state index contributed by atoms with van der Waals surface area (Å²) >= 11 is 0. The van der Waals surface area contributed by atoms with Crippen LogP contribution in [0.3, 0.4) is 0 Å². The topological polar surface area (TPSA) is 56.1 Å². The van der Waals surface area contributed by atoms with Gasteiger partial charge in [0.1, 0.15) is 18.9 Å². The minimum absolute atomic E-state index is 0.0435. The van der Waals surface area contributed by atoms with Crippen LogP contribution < -0.4 is 9.47 Å². The molecule has 0 saturated carbocycles. The zero-order valence-electron chi connectivity index (χ0n) is 14.2. The molecule has 4 rings (SSSR count). The lowest BCUT2D eigenvalue weighted by Gasteiger charge is -2.27. The van der Waals surface area contributed by atoms with Crippen LogP contribution in [-0.4, -0.2) is 40.5 Å². The number of amides is 1. The molecule has 6 heteroatoms. The molecule has 0 aliphatic carbocycles. The third-order valence-electron chi connectivity index (χ3n) is 4.59. The van der Waals surface area contributed by atoms with Gasteiger partial charge in [-0.25, -0.2) is 4.98 Å². The monoisotopic (exact) mass is 337 g/mol. The highest BCUT2D eigenvalue weighted by molar-refractivity contribution is 5.94. The summed E-state index contributed by atoms with van der Waals surface area (Å²) in [6.07, 6.45) is 5.35. The van der Waals surface area contributed by atoms with Crippen molar-refractivity contribution in [3.8, 4) is 11.5 Å². The predicted molar refractivity (Wildman–Crippen MR) is 93.1 cm³/mol. The average Bonchev–Trinajstić information content (AvgIpc) is 3.13. The van der Waals surface area contributed by atoms with Crippen LogP contribution in [0.15, 0.2) is 48.9 Å². The molecule has 0 fully saturated rings. The Balaban J connectivity index is 1.58. The molecule has 1 unspecified atom stereocenters. The van der Waals surface area contributed by atoms with Crippen molar-refractivity contribution < 1.29 is 14.3 Å². The van der Waals surface area contributed by atoms with Gasteiger partial charge in [0, 0.05) is 25.6 Å². The van der Waals surface area contributed by atoms with Gasteiger partial charge in [-0.1, -0.05) is 6.07 Å². The van der Waals surface area contributed by atoms with Crippen LogP contribution >= 0.6 is 0 Å². The van der Waals surface area contributed by atoms with Gasteiger partial charge in [-0.15, -0.1) is 0 Å². The van der Waals surface area contributed by atoms with Gasteiger partial charge in [-0.05, 0) is 36.8 Å². The number of hydrogen-bond acceptors (Lipinski definition) is 4. The lowest BCUT2D eigenvalue weighted by molar-refractivity contribution is 0.0741. The molecule has 2 aromatic heterocycles. The maximum absolute atomic E-state index is 12.8. The molecule has 0 radical (unpaired) electrons. The third-order valence-corrected chi connectivity index (χ3v) is 4.59. The number of rotatable bonds is 3. The molecule has 128 valence electrons. The van der Waals surface area contributed by atoms with E-state index in [2.05, 4.69) is 4.98 Å². The molecule has 0 N–H and O–H groups in total. The van der Waals surface area contributed by atoms with Crippen LogP contribution in [0, 0.1) is 0 Å².